The van der Waals surface area contributed by atoms with Crippen LogP contribution in [0.15, 0.2) is 36.4 Å². The Labute approximate surface area is 155 Å². The summed E-state index contributed by atoms with van der Waals surface area (Å²) in [7, 11) is 0. The van der Waals surface area contributed by atoms with E-state index in [0.717, 1.165) is 5.56 Å². The number of nitrogens with zero attached hydrogens (tertiary/aromatic N) is 1. The highest BCUT2D eigenvalue weighted by atomic mass is 19.1. The summed E-state index contributed by atoms with van der Waals surface area (Å²) in [5, 5.41) is 10.1. The predicted molar refractivity (Wildman–Crippen MR) is 96.4 cm³/mol. The van der Waals surface area contributed by atoms with Crippen LogP contribution in [0.2, 0.25) is 0 Å². The average molecular weight is 364 g/mol. The first-order chi connectivity index (χ1) is 13.0. The van der Waals surface area contributed by atoms with Crippen LogP contribution in [-0.2, 0) is 26.5 Å². The molecule has 2 heterocycles. The highest BCUT2D eigenvalue weighted by Crippen LogP contribution is 2.44. The lowest BCUT2D eigenvalue weighted by Gasteiger charge is -2.36. The number of hydrogen-bond acceptors (Lipinski definition) is 4. The molecule has 1 unspecified atom stereocenters. The molecule has 6 heteroatoms. The molecule has 0 bridgehead atoms. The van der Waals surface area contributed by atoms with Crippen LogP contribution in [0.5, 0.6) is 0 Å². The van der Waals surface area contributed by atoms with E-state index in [1.54, 1.807) is 19.1 Å². The van der Waals surface area contributed by atoms with Crippen molar-refractivity contribution in [3.05, 3.63) is 70.2 Å². The van der Waals surface area contributed by atoms with Crippen LogP contribution in [0.25, 0.3) is 10.9 Å². The van der Waals surface area contributed by atoms with Crippen molar-refractivity contribution < 1.29 is 18.7 Å². The zero-order valence-corrected chi connectivity index (χ0v) is 14.9. The van der Waals surface area contributed by atoms with Gasteiger partial charge in [-0.05, 0) is 30.5 Å². The van der Waals surface area contributed by atoms with Gasteiger partial charge in [0, 0.05) is 17.9 Å². The molecule has 1 aliphatic rings. The number of nitriles is 1. The van der Waals surface area contributed by atoms with Gasteiger partial charge in [0.2, 0.25) is 0 Å². The van der Waals surface area contributed by atoms with Crippen molar-refractivity contribution in [2.24, 2.45) is 0 Å². The number of halogens is 1. The van der Waals surface area contributed by atoms with Gasteiger partial charge in [-0.2, -0.15) is 5.26 Å². The molecule has 1 atom stereocenters. The first-order valence-corrected chi connectivity index (χ1v) is 8.61. The molecule has 1 aromatic heterocycles. The maximum Gasteiger partial charge on any atom is 0.305 e. The number of carbonyl (C=O) groups is 1. The molecule has 27 heavy (non-hydrogen) atoms. The lowest BCUT2D eigenvalue weighted by atomic mass is 9.92. The van der Waals surface area contributed by atoms with Gasteiger partial charge in [-0.3, -0.25) is 4.79 Å². The number of nitrogens with one attached hydrogen (secondary N) is 1. The van der Waals surface area contributed by atoms with E-state index in [4.69, 9.17) is 9.47 Å². The van der Waals surface area contributed by atoms with Crippen LogP contribution >= 0.6 is 0 Å². The number of ether oxygens (including phenoxy) is 2. The standard InChI is InChI=1S/C21H17FN2O3/c1-12-10-17(22)19-18(16(12)11-23)15-8-9-26-21(20(15)24-19,27-13(2)25)14-6-4-3-5-7-14/h3-7,10,24H,8-9H2,1-2H3. The van der Waals surface area contributed by atoms with Gasteiger partial charge < -0.3 is 14.5 Å². The first-order valence-electron chi connectivity index (χ1n) is 8.61. The summed E-state index contributed by atoms with van der Waals surface area (Å²) in [6, 6.07) is 12.6. The SMILES string of the molecule is CC(=O)OC1(c2ccccc2)OCCc2c1[nH]c1c(F)cc(C)c(C#N)c21. The number of esters is 1. The summed E-state index contributed by atoms with van der Waals surface area (Å²) in [6.07, 6.45) is 0.475. The fourth-order valence-electron chi connectivity index (χ4n) is 3.80. The highest BCUT2D eigenvalue weighted by Gasteiger charge is 2.46. The van der Waals surface area contributed by atoms with Gasteiger partial charge >= 0.3 is 5.97 Å². The molecule has 2 aromatic carbocycles. The van der Waals surface area contributed by atoms with Crippen molar-refractivity contribution >= 4 is 16.9 Å². The maximum atomic E-state index is 14.7. The molecule has 0 saturated heterocycles. The van der Waals surface area contributed by atoms with Gasteiger partial charge in [-0.25, -0.2) is 4.39 Å². The molecule has 1 N–H and O–H groups in total. The van der Waals surface area contributed by atoms with E-state index in [1.165, 1.54) is 13.0 Å². The van der Waals surface area contributed by atoms with E-state index < -0.39 is 17.6 Å². The lowest BCUT2D eigenvalue weighted by molar-refractivity contribution is -0.222. The van der Waals surface area contributed by atoms with Crippen LogP contribution in [0.1, 0.15) is 34.9 Å². The monoisotopic (exact) mass is 364 g/mol. The number of rotatable bonds is 2. The zero-order chi connectivity index (χ0) is 19.2. The molecule has 3 aromatic rings. The van der Waals surface area contributed by atoms with Crippen molar-refractivity contribution in [2.75, 3.05) is 6.61 Å². The van der Waals surface area contributed by atoms with E-state index in [0.29, 0.717) is 34.2 Å². The Kier molecular flexibility index (Phi) is 3.97. The Morgan fingerprint density at radius 2 is 2.11 bits per heavy atom. The molecule has 0 radical (unpaired) electrons. The molecule has 0 saturated carbocycles. The third kappa shape index (κ3) is 2.51. The third-order valence-corrected chi connectivity index (χ3v) is 4.87. The summed E-state index contributed by atoms with van der Waals surface area (Å²) in [5.74, 6) is -2.49. The maximum absolute atomic E-state index is 14.7. The summed E-state index contributed by atoms with van der Waals surface area (Å²) < 4.78 is 26.3. The number of hydrogen-bond donors (Lipinski definition) is 1. The summed E-state index contributed by atoms with van der Waals surface area (Å²) >= 11 is 0. The van der Waals surface area contributed by atoms with Gasteiger partial charge in [0.25, 0.3) is 5.79 Å². The second kappa shape index (κ2) is 6.22. The Morgan fingerprint density at radius 1 is 1.37 bits per heavy atom. The number of aromatic nitrogens is 1. The molecular formula is C21H17FN2O3. The number of carbonyl (C=O) groups excluding carboxylic acids is 1. The van der Waals surface area contributed by atoms with Crippen LogP contribution in [0.4, 0.5) is 4.39 Å². The van der Waals surface area contributed by atoms with E-state index in [1.807, 2.05) is 18.2 Å². The Hall–Kier alpha value is -3.17. The lowest BCUT2D eigenvalue weighted by Crippen LogP contribution is -2.40. The normalized spacial score (nSPS) is 18.7. The third-order valence-electron chi connectivity index (χ3n) is 4.87. The van der Waals surface area contributed by atoms with Crippen molar-refractivity contribution in [3.8, 4) is 6.07 Å². The second-order valence-electron chi connectivity index (χ2n) is 6.57. The zero-order valence-electron chi connectivity index (χ0n) is 14.9. The van der Waals surface area contributed by atoms with E-state index in [-0.39, 0.29) is 12.1 Å². The fourth-order valence-corrected chi connectivity index (χ4v) is 3.80. The molecular weight excluding hydrogens is 347 g/mol. The van der Waals surface area contributed by atoms with Gasteiger partial charge in [-0.1, -0.05) is 30.3 Å². The molecule has 0 aliphatic carbocycles. The van der Waals surface area contributed by atoms with Gasteiger partial charge in [0.05, 0.1) is 23.4 Å². The molecule has 0 spiro atoms. The van der Waals surface area contributed by atoms with E-state index in [2.05, 4.69) is 11.1 Å². The van der Waals surface area contributed by atoms with Gasteiger partial charge in [0.15, 0.2) is 0 Å². The molecule has 136 valence electrons. The fraction of sp³-hybridized carbons (Fsp3) is 0.238. The second-order valence-corrected chi connectivity index (χ2v) is 6.57. The number of aromatic amines is 1. The van der Waals surface area contributed by atoms with Gasteiger partial charge in [-0.15, -0.1) is 0 Å². The molecule has 5 nitrogen and oxygen atoms in total. The molecule has 0 fully saturated rings. The van der Waals surface area contributed by atoms with E-state index >= 15 is 0 Å². The molecule has 4 rings (SSSR count). The molecule has 1 aliphatic heterocycles. The van der Waals surface area contributed by atoms with Crippen LogP contribution in [0.3, 0.4) is 0 Å². The largest absolute Gasteiger partial charge is 0.422 e. The summed E-state index contributed by atoms with van der Waals surface area (Å²) in [6.45, 7) is 3.27. The van der Waals surface area contributed by atoms with Crippen LogP contribution in [-0.4, -0.2) is 17.6 Å². The topological polar surface area (TPSA) is 75.1 Å². The predicted octanol–water partition coefficient (Wildman–Crippen LogP) is 3.82. The Bertz CT molecular complexity index is 1100. The number of benzene rings is 2. The van der Waals surface area contributed by atoms with Crippen molar-refractivity contribution in [2.45, 2.75) is 26.1 Å². The minimum Gasteiger partial charge on any atom is -0.422 e. The first kappa shape index (κ1) is 17.3. The minimum absolute atomic E-state index is 0.222. The Morgan fingerprint density at radius 3 is 2.78 bits per heavy atom. The molecule has 0 amide bonds. The Balaban J connectivity index is 2.10. The van der Waals surface area contributed by atoms with E-state index in [9.17, 15) is 14.4 Å². The van der Waals surface area contributed by atoms with Crippen molar-refractivity contribution in [3.63, 3.8) is 0 Å². The van der Waals surface area contributed by atoms with Crippen LogP contribution < -0.4 is 0 Å². The van der Waals surface area contributed by atoms with Crippen LogP contribution in [0, 0.1) is 24.1 Å². The highest BCUT2D eigenvalue weighted by molar-refractivity contribution is 5.92. The summed E-state index contributed by atoms with van der Waals surface area (Å²) in [4.78, 5) is 15.0. The minimum atomic E-state index is -1.51. The smallest absolute Gasteiger partial charge is 0.305 e. The summed E-state index contributed by atoms with van der Waals surface area (Å²) in [5.41, 5.74) is 3.00. The quantitative estimate of drug-likeness (QED) is 0.702. The number of fused-ring (bicyclic) bond motifs is 3. The number of aryl methyl sites for hydroxylation is 1. The van der Waals surface area contributed by atoms with Crippen molar-refractivity contribution in [1.82, 2.24) is 4.98 Å². The van der Waals surface area contributed by atoms with Gasteiger partial charge in [0.1, 0.15) is 11.9 Å². The number of H-pyrrole nitrogens is 1. The van der Waals surface area contributed by atoms with Crippen molar-refractivity contribution in [1.29, 1.82) is 5.26 Å². The average Bonchev–Trinajstić information content (AvgIpc) is 3.04.